The van der Waals surface area contributed by atoms with Crippen molar-refractivity contribution in [2.75, 3.05) is 6.61 Å². The lowest BCUT2D eigenvalue weighted by Crippen LogP contribution is -2.49. The number of hydrogen-bond acceptors (Lipinski definition) is 6. The fourth-order valence-corrected chi connectivity index (χ4v) is 1.15. The molecule has 0 saturated carbocycles. The minimum absolute atomic E-state index is 0.0371. The number of carboxylic acids is 1. The summed E-state index contributed by atoms with van der Waals surface area (Å²) in [5.74, 6) is -1.23. The Labute approximate surface area is 73.9 Å². The van der Waals surface area contributed by atoms with Gasteiger partial charge in [-0.15, -0.1) is 0 Å². The van der Waals surface area contributed by atoms with E-state index in [0.29, 0.717) is 0 Å². The Morgan fingerprint density at radius 3 is 2.85 bits per heavy atom. The van der Waals surface area contributed by atoms with E-state index in [-0.39, 0.29) is 5.96 Å². The first-order valence-electron chi connectivity index (χ1n) is 3.67. The molecule has 1 aliphatic heterocycles. The molecule has 0 radical (unpaired) electrons. The molecule has 0 aromatic heterocycles. The fraction of sp³-hybridized carbons (Fsp3) is 0.667. The normalized spacial score (nSPS) is 29.2. The predicted octanol–water partition coefficient (Wildman–Crippen LogP) is -2.92. The summed E-state index contributed by atoms with van der Waals surface area (Å²) in [7, 11) is 0. The van der Waals surface area contributed by atoms with E-state index >= 15 is 0 Å². The van der Waals surface area contributed by atoms with E-state index in [1.807, 2.05) is 0 Å². The summed E-state index contributed by atoms with van der Waals surface area (Å²) in [6.45, 7) is -0.537. The van der Waals surface area contributed by atoms with Crippen LogP contribution in [0, 0.1) is 0 Å². The van der Waals surface area contributed by atoms with Gasteiger partial charge in [-0.25, -0.2) is 9.79 Å². The van der Waals surface area contributed by atoms with E-state index in [1.165, 1.54) is 0 Å². The van der Waals surface area contributed by atoms with Crippen LogP contribution in [-0.2, 0) is 4.79 Å². The number of aliphatic imine (C=N–C) groups is 1. The molecule has 6 N–H and O–H groups in total. The number of nitrogens with one attached hydrogen (secondary N) is 1. The molecule has 0 unspecified atom stereocenters. The Hall–Kier alpha value is -1.34. The van der Waals surface area contributed by atoms with Crippen LogP contribution in [0.3, 0.4) is 0 Å². The highest BCUT2D eigenvalue weighted by Crippen LogP contribution is 2.09. The van der Waals surface area contributed by atoms with Crippen molar-refractivity contribution < 1.29 is 20.1 Å². The molecule has 13 heavy (non-hydrogen) atoms. The maximum atomic E-state index is 10.6. The second-order valence-corrected chi connectivity index (χ2v) is 2.72. The van der Waals surface area contributed by atoms with Gasteiger partial charge in [-0.05, 0) is 0 Å². The Morgan fingerprint density at radius 1 is 1.77 bits per heavy atom. The number of hydrogen-bond donors (Lipinski definition) is 5. The van der Waals surface area contributed by atoms with Gasteiger partial charge in [0.25, 0.3) is 0 Å². The van der Waals surface area contributed by atoms with Gasteiger partial charge in [0, 0.05) is 0 Å². The monoisotopic (exact) mass is 189 g/mol. The predicted molar refractivity (Wildman–Crippen MR) is 43.1 cm³/mol. The van der Waals surface area contributed by atoms with Gasteiger partial charge < -0.3 is 26.4 Å². The summed E-state index contributed by atoms with van der Waals surface area (Å²) in [4.78, 5) is 14.1. The molecule has 0 amide bonds. The summed E-state index contributed by atoms with van der Waals surface area (Å²) in [6.07, 6.45) is -1.19. The third-order valence-corrected chi connectivity index (χ3v) is 1.79. The number of nitrogens with two attached hydrogens (primary N) is 1. The minimum atomic E-state index is -1.19. The van der Waals surface area contributed by atoms with Gasteiger partial charge >= 0.3 is 5.97 Å². The molecular formula is C6H11N3O4. The van der Waals surface area contributed by atoms with E-state index in [9.17, 15) is 9.90 Å². The molecule has 0 saturated heterocycles. The Balaban J connectivity index is 2.72. The van der Waals surface area contributed by atoms with Crippen LogP contribution in [0.25, 0.3) is 0 Å². The SMILES string of the molecule is NC1=N[C@H](C(=O)O)[C@@H]([C@H](O)CO)N1. The number of carbonyl (C=O) groups is 1. The van der Waals surface area contributed by atoms with Gasteiger partial charge in [0.15, 0.2) is 12.0 Å². The number of aliphatic carboxylic acids is 1. The molecule has 1 heterocycles. The van der Waals surface area contributed by atoms with Crippen LogP contribution in [0.4, 0.5) is 0 Å². The third-order valence-electron chi connectivity index (χ3n) is 1.79. The number of aliphatic hydroxyl groups is 2. The second kappa shape index (κ2) is 3.58. The Morgan fingerprint density at radius 2 is 2.38 bits per heavy atom. The van der Waals surface area contributed by atoms with Crippen LogP contribution in [0.5, 0.6) is 0 Å². The smallest absolute Gasteiger partial charge is 0.330 e. The molecule has 0 aromatic carbocycles. The van der Waals surface area contributed by atoms with Crippen LogP contribution in [0.15, 0.2) is 4.99 Å². The van der Waals surface area contributed by atoms with Gasteiger partial charge in [0.1, 0.15) is 0 Å². The third kappa shape index (κ3) is 1.87. The van der Waals surface area contributed by atoms with Crippen molar-refractivity contribution >= 4 is 11.9 Å². The first-order chi connectivity index (χ1) is 6.06. The number of aliphatic hydroxyl groups excluding tert-OH is 2. The summed E-state index contributed by atoms with van der Waals surface area (Å²) >= 11 is 0. The molecule has 0 fully saturated rings. The summed E-state index contributed by atoms with van der Waals surface area (Å²) in [5, 5.41) is 28.9. The number of carboxylic acid groups (broad SMARTS) is 1. The molecule has 7 heteroatoms. The largest absolute Gasteiger partial charge is 0.480 e. The zero-order chi connectivity index (χ0) is 10.0. The summed E-state index contributed by atoms with van der Waals surface area (Å²) in [6, 6.07) is -2.00. The molecule has 0 bridgehead atoms. The maximum absolute atomic E-state index is 10.6. The molecule has 1 rings (SSSR count). The number of rotatable bonds is 3. The van der Waals surface area contributed by atoms with Gasteiger partial charge in [0.2, 0.25) is 0 Å². The van der Waals surface area contributed by atoms with Crippen LogP contribution in [0.1, 0.15) is 0 Å². The van der Waals surface area contributed by atoms with E-state index < -0.39 is 30.8 Å². The van der Waals surface area contributed by atoms with Crippen LogP contribution >= 0.6 is 0 Å². The van der Waals surface area contributed by atoms with E-state index in [4.69, 9.17) is 15.9 Å². The fourth-order valence-electron chi connectivity index (χ4n) is 1.15. The average molecular weight is 189 g/mol. The van der Waals surface area contributed by atoms with Crippen molar-refractivity contribution in [1.82, 2.24) is 5.32 Å². The summed E-state index contributed by atoms with van der Waals surface area (Å²) < 4.78 is 0. The molecule has 3 atom stereocenters. The van der Waals surface area contributed by atoms with Crippen LogP contribution in [-0.4, -0.2) is 52.0 Å². The Kier molecular flexibility index (Phi) is 2.69. The average Bonchev–Trinajstić information content (AvgIpc) is 2.46. The summed E-state index contributed by atoms with van der Waals surface area (Å²) in [5.41, 5.74) is 5.23. The first kappa shape index (κ1) is 9.75. The van der Waals surface area contributed by atoms with Crippen molar-refractivity contribution in [3.8, 4) is 0 Å². The molecule has 0 aromatic rings. The lowest BCUT2D eigenvalue weighted by atomic mass is 10.1. The number of guanidine groups is 1. The quantitative estimate of drug-likeness (QED) is 0.323. The van der Waals surface area contributed by atoms with Crippen LogP contribution < -0.4 is 11.1 Å². The van der Waals surface area contributed by atoms with Gasteiger partial charge in [0.05, 0.1) is 18.8 Å². The highest BCUT2D eigenvalue weighted by Gasteiger charge is 2.37. The second-order valence-electron chi connectivity index (χ2n) is 2.72. The Bertz CT molecular complexity index is 242. The zero-order valence-corrected chi connectivity index (χ0v) is 6.71. The van der Waals surface area contributed by atoms with Gasteiger partial charge in [-0.2, -0.15) is 0 Å². The van der Waals surface area contributed by atoms with Crippen molar-refractivity contribution in [2.45, 2.75) is 18.2 Å². The minimum Gasteiger partial charge on any atom is -0.480 e. The zero-order valence-electron chi connectivity index (χ0n) is 6.71. The van der Waals surface area contributed by atoms with Crippen molar-refractivity contribution in [2.24, 2.45) is 10.7 Å². The van der Waals surface area contributed by atoms with Crippen molar-refractivity contribution in [3.63, 3.8) is 0 Å². The highest BCUT2D eigenvalue weighted by atomic mass is 16.4. The molecule has 0 aliphatic carbocycles. The molecule has 7 nitrogen and oxygen atoms in total. The highest BCUT2D eigenvalue weighted by molar-refractivity contribution is 5.87. The molecular weight excluding hydrogens is 178 g/mol. The molecule has 74 valence electrons. The lowest BCUT2D eigenvalue weighted by Gasteiger charge is -2.19. The van der Waals surface area contributed by atoms with Gasteiger partial charge in [-0.1, -0.05) is 0 Å². The standard InChI is InChI=1S/C6H11N3O4/c7-6-8-3(2(11)1-10)4(9-6)5(12)13/h2-4,10-11H,1H2,(H,12,13)(H3,7,8,9)/t2-,3-,4+/m1/s1. The topological polar surface area (TPSA) is 128 Å². The first-order valence-corrected chi connectivity index (χ1v) is 3.67. The molecule has 1 aliphatic rings. The lowest BCUT2D eigenvalue weighted by molar-refractivity contribution is -0.139. The number of nitrogens with zero attached hydrogens (tertiary/aromatic N) is 1. The molecule has 0 spiro atoms. The van der Waals surface area contributed by atoms with Crippen LogP contribution in [0.2, 0.25) is 0 Å². The van der Waals surface area contributed by atoms with E-state index in [1.54, 1.807) is 0 Å². The van der Waals surface area contributed by atoms with Crippen molar-refractivity contribution in [3.05, 3.63) is 0 Å². The van der Waals surface area contributed by atoms with E-state index in [2.05, 4.69) is 10.3 Å². The van der Waals surface area contributed by atoms with Crippen molar-refractivity contribution in [1.29, 1.82) is 0 Å². The van der Waals surface area contributed by atoms with E-state index in [0.717, 1.165) is 0 Å². The maximum Gasteiger partial charge on any atom is 0.330 e. The van der Waals surface area contributed by atoms with Gasteiger partial charge in [-0.3, -0.25) is 0 Å².